The molecule has 0 bridgehead atoms. The molecular formula is C12H22S. The Bertz CT molecular complexity index is 204. The Morgan fingerprint density at radius 2 is 1.77 bits per heavy atom. The lowest BCUT2D eigenvalue weighted by Gasteiger charge is -2.23. The molecule has 0 aliphatic carbocycles. The van der Waals surface area contributed by atoms with Gasteiger partial charge in [0.15, 0.2) is 0 Å². The second-order valence-electron chi connectivity index (χ2n) is 4.62. The monoisotopic (exact) mass is 198 g/mol. The minimum Gasteiger partial charge on any atom is -0.0991 e. The van der Waals surface area contributed by atoms with Gasteiger partial charge >= 0.3 is 0 Å². The zero-order valence-electron chi connectivity index (χ0n) is 9.77. The van der Waals surface area contributed by atoms with Gasteiger partial charge in [-0.05, 0) is 28.1 Å². The Kier molecular flexibility index (Phi) is 4.83. The molecule has 0 rings (SSSR count). The van der Waals surface area contributed by atoms with Crippen LogP contribution in [-0.4, -0.2) is 0 Å². The summed E-state index contributed by atoms with van der Waals surface area (Å²) in [4.78, 5) is 2.66. The van der Waals surface area contributed by atoms with Crippen molar-refractivity contribution in [3.63, 3.8) is 0 Å². The standard InChI is InChI=1S/C12H22S/c1-8-11(9(2)3)13-10(4)12(5,6)7/h8-9H,4H2,1-3,5-7H3/b11-8-. The smallest absolute Gasteiger partial charge is 0.00745 e. The lowest BCUT2D eigenvalue weighted by molar-refractivity contribution is 0.535. The van der Waals surface area contributed by atoms with Gasteiger partial charge in [0.2, 0.25) is 0 Å². The molecule has 76 valence electrons. The second kappa shape index (κ2) is 4.90. The molecule has 0 saturated carbocycles. The van der Waals surface area contributed by atoms with Crippen molar-refractivity contribution in [2.75, 3.05) is 0 Å². The summed E-state index contributed by atoms with van der Waals surface area (Å²) in [6.07, 6.45) is 2.19. The van der Waals surface area contributed by atoms with E-state index in [-0.39, 0.29) is 5.41 Å². The SMILES string of the molecule is C=C(S/C(=C\C)C(C)C)C(C)(C)C. The van der Waals surface area contributed by atoms with Gasteiger partial charge < -0.3 is 0 Å². The van der Waals surface area contributed by atoms with Gasteiger partial charge in [-0.15, -0.1) is 0 Å². The zero-order chi connectivity index (χ0) is 10.6. The van der Waals surface area contributed by atoms with Crippen LogP contribution in [0.1, 0.15) is 41.5 Å². The molecule has 0 aliphatic rings. The van der Waals surface area contributed by atoms with E-state index in [0.717, 1.165) is 0 Å². The van der Waals surface area contributed by atoms with Gasteiger partial charge in [-0.3, -0.25) is 0 Å². The van der Waals surface area contributed by atoms with E-state index in [2.05, 4.69) is 54.2 Å². The van der Waals surface area contributed by atoms with Crippen molar-refractivity contribution in [3.05, 3.63) is 22.5 Å². The number of hydrogen-bond acceptors (Lipinski definition) is 1. The molecule has 0 nitrogen and oxygen atoms in total. The summed E-state index contributed by atoms with van der Waals surface area (Å²) in [5.74, 6) is 0.606. The van der Waals surface area contributed by atoms with Crippen LogP contribution in [0.25, 0.3) is 0 Å². The molecule has 1 heteroatoms. The van der Waals surface area contributed by atoms with E-state index in [9.17, 15) is 0 Å². The molecular weight excluding hydrogens is 176 g/mol. The first-order valence-corrected chi connectivity index (χ1v) is 5.64. The molecule has 0 aliphatic heterocycles. The molecule has 0 radical (unpaired) electrons. The highest BCUT2D eigenvalue weighted by atomic mass is 32.2. The van der Waals surface area contributed by atoms with E-state index in [4.69, 9.17) is 0 Å². The Morgan fingerprint density at radius 1 is 1.31 bits per heavy atom. The van der Waals surface area contributed by atoms with Crippen LogP contribution in [0.3, 0.4) is 0 Å². The van der Waals surface area contributed by atoms with Crippen molar-refractivity contribution >= 4 is 11.8 Å². The minimum atomic E-state index is 0.202. The third kappa shape index (κ3) is 4.56. The third-order valence-corrected chi connectivity index (χ3v) is 3.73. The molecule has 0 aromatic heterocycles. The summed E-state index contributed by atoms with van der Waals surface area (Å²) in [5, 5.41) is 0. The molecule has 0 aromatic rings. The summed E-state index contributed by atoms with van der Waals surface area (Å²) in [5.41, 5.74) is 0.202. The van der Waals surface area contributed by atoms with E-state index in [0.29, 0.717) is 5.92 Å². The minimum absolute atomic E-state index is 0.202. The highest BCUT2D eigenvalue weighted by Crippen LogP contribution is 2.39. The van der Waals surface area contributed by atoms with Gasteiger partial charge in [0, 0.05) is 0 Å². The maximum atomic E-state index is 4.12. The molecule has 0 saturated heterocycles. The van der Waals surface area contributed by atoms with Crippen molar-refractivity contribution in [3.8, 4) is 0 Å². The lowest BCUT2D eigenvalue weighted by atomic mass is 9.97. The first-order valence-electron chi connectivity index (χ1n) is 4.82. The Hall–Kier alpha value is -0.170. The maximum absolute atomic E-state index is 4.12. The number of rotatable bonds is 3. The quantitative estimate of drug-likeness (QED) is 0.625. The predicted molar refractivity (Wildman–Crippen MR) is 64.8 cm³/mol. The second-order valence-corrected chi connectivity index (χ2v) is 5.79. The van der Waals surface area contributed by atoms with Crippen LogP contribution >= 0.6 is 11.8 Å². The largest absolute Gasteiger partial charge is 0.0991 e. The van der Waals surface area contributed by atoms with Crippen LogP contribution in [-0.2, 0) is 0 Å². The van der Waals surface area contributed by atoms with Crippen LogP contribution < -0.4 is 0 Å². The zero-order valence-corrected chi connectivity index (χ0v) is 10.6. The van der Waals surface area contributed by atoms with Gasteiger partial charge in [-0.1, -0.05) is 59.0 Å². The first-order chi connectivity index (χ1) is 5.79. The average Bonchev–Trinajstić information content (AvgIpc) is 1.96. The van der Waals surface area contributed by atoms with Crippen LogP contribution in [0.15, 0.2) is 22.5 Å². The third-order valence-electron chi connectivity index (χ3n) is 1.93. The van der Waals surface area contributed by atoms with Crippen LogP contribution in [0.5, 0.6) is 0 Å². The van der Waals surface area contributed by atoms with Gasteiger partial charge in [0.1, 0.15) is 0 Å². The fraction of sp³-hybridized carbons (Fsp3) is 0.667. The van der Waals surface area contributed by atoms with Gasteiger partial charge in [0.25, 0.3) is 0 Å². The maximum Gasteiger partial charge on any atom is -0.00745 e. The van der Waals surface area contributed by atoms with E-state index in [1.54, 1.807) is 0 Å². The topological polar surface area (TPSA) is 0 Å². The normalized spacial score (nSPS) is 13.6. The molecule has 0 amide bonds. The Morgan fingerprint density at radius 3 is 2.00 bits per heavy atom. The van der Waals surface area contributed by atoms with Crippen molar-refractivity contribution in [2.24, 2.45) is 11.3 Å². The van der Waals surface area contributed by atoms with Gasteiger partial charge in [-0.2, -0.15) is 0 Å². The molecule has 0 unspecified atom stereocenters. The Labute approximate surface area is 87.5 Å². The fourth-order valence-corrected chi connectivity index (χ4v) is 1.75. The highest BCUT2D eigenvalue weighted by molar-refractivity contribution is 8.06. The lowest BCUT2D eigenvalue weighted by Crippen LogP contribution is -2.06. The van der Waals surface area contributed by atoms with Crippen molar-refractivity contribution in [1.82, 2.24) is 0 Å². The first kappa shape index (κ1) is 12.8. The molecule has 0 aromatic carbocycles. The summed E-state index contributed by atoms with van der Waals surface area (Å²) < 4.78 is 0. The molecule has 0 heterocycles. The summed E-state index contributed by atoms with van der Waals surface area (Å²) in [6, 6.07) is 0. The van der Waals surface area contributed by atoms with E-state index >= 15 is 0 Å². The summed E-state index contributed by atoms with van der Waals surface area (Å²) in [7, 11) is 0. The van der Waals surface area contributed by atoms with Crippen LogP contribution in [0.4, 0.5) is 0 Å². The van der Waals surface area contributed by atoms with Crippen LogP contribution in [0, 0.1) is 11.3 Å². The molecule has 0 spiro atoms. The average molecular weight is 198 g/mol. The van der Waals surface area contributed by atoms with Gasteiger partial charge in [0.05, 0.1) is 0 Å². The molecule has 0 N–H and O–H groups in total. The van der Waals surface area contributed by atoms with Crippen molar-refractivity contribution in [1.29, 1.82) is 0 Å². The van der Waals surface area contributed by atoms with Crippen molar-refractivity contribution in [2.45, 2.75) is 41.5 Å². The number of hydrogen-bond donors (Lipinski definition) is 0. The van der Waals surface area contributed by atoms with E-state index in [1.807, 2.05) is 11.8 Å². The molecule has 13 heavy (non-hydrogen) atoms. The molecule has 0 fully saturated rings. The summed E-state index contributed by atoms with van der Waals surface area (Å²) >= 11 is 1.83. The predicted octanol–water partition coefficient (Wildman–Crippen LogP) is 4.84. The van der Waals surface area contributed by atoms with E-state index < -0.39 is 0 Å². The number of thioether (sulfide) groups is 1. The van der Waals surface area contributed by atoms with Gasteiger partial charge in [-0.25, -0.2) is 0 Å². The van der Waals surface area contributed by atoms with Crippen LogP contribution in [0.2, 0.25) is 0 Å². The summed E-state index contributed by atoms with van der Waals surface area (Å²) in [6.45, 7) is 17.3. The fourth-order valence-electron chi connectivity index (χ4n) is 0.805. The van der Waals surface area contributed by atoms with E-state index in [1.165, 1.54) is 9.81 Å². The highest BCUT2D eigenvalue weighted by Gasteiger charge is 2.17. The number of allylic oxidation sites excluding steroid dienone is 3. The molecule has 0 atom stereocenters. The van der Waals surface area contributed by atoms with Crippen molar-refractivity contribution < 1.29 is 0 Å². The Balaban J connectivity index is 4.37.